The average molecular weight is 300 g/mol. The van der Waals surface area contributed by atoms with Gasteiger partial charge in [0.2, 0.25) is 0 Å². The van der Waals surface area contributed by atoms with Crippen LogP contribution in [0.2, 0.25) is 0 Å². The van der Waals surface area contributed by atoms with Crippen LogP contribution >= 0.6 is 23.5 Å². The molecule has 4 rings (SSSR count). The molecular formula is C14H20O3S2. The van der Waals surface area contributed by atoms with E-state index in [0.717, 1.165) is 17.9 Å². The third-order valence-electron chi connectivity index (χ3n) is 5.35. The smallest absolute Gasteiger partial charge is 0.308 e. The standard InChI is InChI=1S/C14H20O3S2/c1-8-9-7-14(18-4-5-19-14)13(2,11(8)15)6-10(9)12(16)17-3/h8-10H,4-7H2,1-3H3/t8-,9+,10+,13+/m0/s1. The number of esters is 1. The second-order valence-electron chi connectivity index (χ2n) is 6.14. The number of thioether (sulfide) groups is 2. The Morgan fingerprint density at radius 3 is 2.53 bits per heavy atom. The van der Waals surface area contributed by atoms with Crippen molar-refractivity contribution < 1.29 is 14.3 Å². The average Bonchev–Trinajstić information content (AvgIpc) is 2.87. The molecule has 4 fully saturated rings. The SMILES string of the molecule is COC(=O)[C@@H]1C[C@]2(C)C(=O)[C@@H](C)[C@H]1CC21SCCS1. The number of hydrogen-bond donors (Lipinski definition) is 0. The number of carbonyl (C=O) groups is 2. The molecule has 0 unspecified atom stereocenters. The predicted molar refractivity (Wildman–Crippen MR) is 78.2 cm³/mol. The van der Waals surface area contributed by atoms with E-state index in [0.29, 0.717) is 12.2 Å². The lowest BCUT2D eigenvalue weighted by Crippen LogP contribution is -2.63. The monoisotopic (exact) mass is 300 g/mol. The van der Waals surface area contributed by atoms with Crippen LogP contribution in [0.15, 0.2) is 0 Å². The third kappa shape index (κ3) is 1.67. The van der Waals surface area contributed by atoms with Gasteiger partial charge in [0.25, 0.3) is 0 Å². The van der Waals surface area contributed by atoms with Crippen LogP contribution < -0.4 is 0 Å². The second kappa shape index (κ2) is 4.42. The molecule has 3 aliphatic carbocycles. The Bertz CT molecular complexity index is 430. The lowest BCUT2D eigenvalue weighted by atomic mass is 9.52. The molecule has 4 aliphatic rings. The van der Waals surface area contributed by atoms with Crippen LogP contribution in [0.1, 0.15) is 26.7 Å². The molecule has 4 atom stereocenters. The van der Waals surface area contributed by atoms with Crippen LogP contribution in [0, 0.1) is 23.2 Å². The van der Waals surface area contributed by atoms with Gasteiger partial charge in [-0.25, -0.2) is 0 Å². The molecule has 1 saturated heterocycles. The van der Waals surface area contributed by atoms with Gasteiger partial charge in [-0.15, -0.1) is 23.5 Å². The minimum absolute atomic E-state index is 0.00438. The van der Waals surface area contributed by atoms with Crippen molar-refractivity contribution in [1.82, 2.24) is 0 Å². The normalized spacial score (nSPS) is 43.7. The van der Waals surface area contributed by atoms with Crippen molar-refractivity contribution in [2.45, 2.75) is 30.8 Å². The van der Waals surface area contributed by atoms with Gasteiger partial charge in [0.05, 0.1) is 22.5 Å². The van der Waals surface area contributed by atoms with Crippen LogP contribution in [0.5, 0.6) is 0 Å². The summed E-state index contributed by atoms with van der Waals surface area (Å²) in [6.07, 6.45) is 1.65. The molecule has 0 radical (unpaired) electrons. The van der Waals surface area contributed by atoms with E-state index in [1.165, 1.54) is 7.11 Å². The minimum Gasteiger partial charge on any atom is -0.469 e. The van der Waals surface area contributed by atoms with Crippen LogP contribution in [0.3, 0.4) is 0 Å². The number of fused-ring (bicyclic) bond motifs is 2. The number of methoxy groups -OCH3 is 1. The Morgan fingerprint density at radius 1 is 1.32 bits per heavy atom. The van der Waals surface area contributed by atoms with E-state index in [9.17, 15) is 9.59 Å². The molecule has 1 aliphatic heterocycles. The lowest BCUT2D eigenvalue weighted by molar-refractivity contribution is -0.163. The summed E-state index contributed by atoms with van der Waals surface area (Å²) in [5.41, 5.74) is -0.369. The van der Waals surface area contributed by atoms with Gasteiger partial charge >= 0.3 is 5.97 Å². The number of rotatable bonds is 1. The summed E-state index contributed by atoms with van der Waals surface area (Å²) >= 11 is 3.89. The summed E-state index contributed by atoms with van der Waals surface area (Å²) < 4.78 is 4.98. The molecule has 3 saturated carbocycles. The number of carbonyl (C=O) groups excluding carboxylic acids is 2. The van der Waals surface area contributed by atoms with Gasteiger partial charge in [-0.1, -0.05) is 13.8 Å². The van der Waals surface area contributed by atoms with Crippen molar-refractivity contribution in [2.75, 3.05) is 18.6 Å². The van der Waals surface area contributed by atoms with Crippen LogP contribution in [-0.2, 0) is 14.3 Å². The molecule has 0 aromatic heterocycles. The van der Waals surface area contributed by atoms with E-state index >= 15 is 0 Å². The highest BCUT2D eigenvalue weighted by atomic mass is 32.2. The van der Waals surface area contributed by atoms with E-state index in [1.807, 2.05) is 30.4 Å². The Balaban J connectivity index is 2.00. The molecule has 2 bridgehead atoms. The van der Waals surface area contributed by atoms with Gasteiger partial charge in [0, 0.05) is 17.4 Å². The fourth-order valence-electron chi connectivity index (χ4n) is 4.24. The summed E-state index contributed by atoms with van der Waals surface area (Å²) in [5, 5.41) is 0. The fraction of sp³-hybridized carbons (Fsp3) is 0.857. The molecule has 0 N–H and O–H groups in total. The second-order valence-corrected chi connectivity index (χ2v) is 9.18. The van der Waals surface area contributed by atoms with Crippen LogP contribution in [-0.4, -0.2) is 34.4 Å². The topological polar surface area (TPSA) is 43.4 Å². The molecule has 0 amide bonds. The maximum Gasteiger partial charge on any atom is 0.308 e. The zero-order valence-electron chi connectivity index (χ0n) is 11.6. The van der Waals surface area contributed by atoms with E-state index < -0.39 is 0 Å². The molecule has 106 valence electrons. The number of Topliss-reactive ketones (excluding diaryl/α,β-unsaturated/α-hetero) is 1. The molecule has 19 heavy (non-hydrogen) atoms. The molecule has 1 spiro atoms. The Morgan fingerprint density at radius 2 is 1.95 bits per heavy atom. The first-order valence-corrected chi connectivity index (χ1v) is 8.82. The van der Waals surface area contributed by atoms with Gasteiger partial charge in [0.15, 0.2) is 0 Å². The highest BCUT2D eigenvalue weighted by molar-refractivity contribution is 8.21. The van der Waals surface area contributed by atoms with E-state index in [1.54, 1.807) is 0 Å². The maximum absolute atomic E-state index is 12.7. The quantitative estimate of drug-likeness (QED) is 0.696. The molecule has 3 nitrogen and oxygen atoms in total. The zero-order valence-corrected chi connectivity index (χ0v) is 13.2. The molecule has 5 heteroatoms. The first-order chi connectivity index (χ1) is 8.95. The van der Waals surface area contributed by atoms with Gasteiger partial charge < -0.3 is 4.74 Å². The first kappa shape index (κ1) is 13.8. The number of ether oxygens (including phenoxy) is 1. The Labute approximate surface area is 122 Å². The van der Waals surface area contributed by atoms with Crippen molar-refractivity contribution in [3.63, 3.8) is 0 Å². The van der Waals surface area contributed by atoms with E-state index in [-0.39, 0.29) is 33.2 Å². The fourth-order valence-corrected chi connectivity index (χ4v) is 8.02. The first-order valence-electron chi connectivity index (χ1n) is 6.85. The number of ketones is 1. The van der Waals surface area contributed by atoms with Crippen LogP contribution in [0.25, 0.3) is 0 Å². The lowest BCUT2D eigenvalue weighted by Gasteiger charge is -2.59. The van der Waals surface area contributed by atoms with Crippen molar-refractivity contribution in [3.8, 4) is 0 Å². The summed E-state index contributed by atoms with van der Waals surface area (Å²) in [7, 11) is 1.45. The minimum atomic E-state index is -0.369. The largest absolute Gasteiger partial charge is 0.469 e. The Kier molecular flexibility index (Phi) is 3.21. The number of hydrogen-bond acceptors (Lipinski definition) is 5. The summed E-state index contributed by atoms with van der Waals surface area (Å²) in [5.74, 6) is 2.56. The van der Waals surface area contributed by atoms with Crippen molar-refractivity contribution >= 4 is 35.3 Å². The molecule has 0 aromatic rings. The van der Waals surface area contributed by atoms with E-state index in [4.69, 9.17) is 4.74 Å². The molecule has 1 heterocycles. The van der Waals surface area contributed by atoms with Gasteiger partial charge in [-0.05, 0) is 18.8 Å². The maximum atomic E-state index is 12.7. The highest BCUT2D eigenvalue weighted by Gasteiger charge is 2.67. The predicted octanol–water partition coefficient (Wildman–Crippen LogP) is 2.59. The van der Waals surface area contributed by atoms with E-state index in [2.05, 4.69) is 6.92 Å². The molecule has 0 aromatic carbocycles. The van der Waals surface area contributed by atoms with Gasteiger partial charge in [-0.2, -0.15) is 0 Å². The molecular weight excluding hydrogens is 280 g/mol. The summed E-state index contributed by atoms with van der Waals surface area (Å²) in [6, 6.07) is 0. The zero-order chi connectivity index (χ0) is 13.8. The Hall–Kier alpha value is -0.160. The van der Waals surface area contributed by atoms with Crippen molar-refractivity contribution in [1.29, 1.82) is 0 Å². The summed E-state index contributed by atoms with van der Waals surface area (Å²) in [6.45, 7) is 4.08. The van der Waals surface area contributed by atoms with Crippen molar-refractivity contribution in [2.24, 2.45) is 23.2 Å². The van der Waals surface area contributed by atoms with Crippen LogP contribution in [0.4, 0.5) is 0 Å². The summed E-state index contributed by atoms with van der Waals surface area (Å²) in [4.78, 5) is 24.8. The third-order valence-corrected chi connectivity index (χ3v) is 9.30. The van der Waals surface area contributed by atoms with Crippen molar-refractivity contribution in [3.05, 3.63) is 0 Å². The van der Waals surface area contributed by atoms with Gasteiger partial charge in [0.1, 0.15) is 5.78 Å². The van der Waals surface area contributed by atoms with Gasteiger partial charge in [-0.3, -0.25) is 9.59 Å². The highest BCUT2D eigenvalue weighted by Crippen LogP contribution is 2.69.